The lowest BCUT2D eigenvalue weighted by Gasteiger charge is -2.11. The molecule has 82 valence electrons. The first-order valence-corrected chi connectivity index (χ1v) is 4.29. The zero-order valence-electron chi connectivity index (χ0n) is 8.62. The van der Waals surface area contributed by atoms with Gasteiger partial charge in [0.25, 0.3) is 0 Å². The molecule has 0 aliphatic rings. The van der Waals surface area contributed by atoms with E-state index in [0.29, 0.717) is 0 Å². The fourth-order valence-electron chi connectivity index (χ4n) is 0.628. The van der Waals surface area contributed by atoms with Crippen molar-refractivity contribution in [3.63, 3.8) is 0 Å². The number of amides is 2. The van der Waals surface area contributed by atoms with E-state index in [4.69, 9.17) is 9.47 Å². The number of ether oxygens (including phenoxy) is 2. The van der Waals surface area contributed by atoms with Crippen molar-refractivity contribution in [1.29, 1.82) is 0 Å². The molecule has 0 saturated heterocycles. The fraction of sp³-hybridized carbons (Fsp3) is 0.750. The Balaban J connectivity index is 3.50. The van der Waals surface area contributed by atoms with E-state index in [1.807, 2.05) is 6.92 Å². The molecule has 14 heavy (non-hydrogen) atoms. The Labute approximate surface area is 82.9 Å². The Morgan fingerprint density at radius 2 is 1.43 bits per heavy atom. The van der Waals surface area contributed by atoms with Gasteiger partial charge >= 0.3 is 12.2 Å². The highest BCUT2D eigenvalue weighted by molar-refractivity contribution is 5.67. The Morgan fingerprint density at radius 1 is 1.07 bits per heavy atom. The SMILES string of the molecule is CNC(=O)OCC(C)COC(=O)NC. The number of hydrogen-bond acceptors (Lipinski definition) is 4. The van der Waals surface area contributed by atoms with Crippen molar-refractivity contribution in [1.82, 2.24) is 10.6 Å². The van der Waals surface area contributed by atoms with Gasteiger partial charge in [-0.2, -0.15) is 0 Å². The highest BCUT2D eigenvalue weighted by Gasteiger charge is 2.08. The van der Waals surface area contributed by atoms with Gasteiger partial charge in [-0.05, 0) is 0 Å². The molecule has 0 saturated carbocycles. The maximum Gasteiger partial charge on any atom is 0.406 e. The van der Waals surface area contributed by atoms with Crippen molar-refractivity contribution >= 4 is 12.2 Å². The van der Waals surface area contributed by atoms with Crippen LogP contribution >= 0.6 is 0 Å². The maximum atomic E-state index is 10.7. The Hall–Kier alpha value is -1.46. The summed E-state index contributed by atoms with van der Waals surface area (Å²) < 4.78 is 9.51. The molecule has 0 atom stereocenters. The van der Waals surface area contributed by atoms with Gasteiger partial charge in [-0.1, -0.05) is 6.92 Å². The van der Waals surface area contributed by atoms with Gasteiger partial charge in [0, 0.05) is 20.0 Å². The molecule has 0 radical (unpaired) electrons. The molecule has 6 nitrogen and oxygen atoms in total. The summed E-state index contributed by atoms with van der Waals surface area (Å²) in [4.78, 5) is 21.3. The van der Waals surface area contributed by atoms with E-state index in [2.05, 4.69) is 10.6 Å². The second-order valence-electron chi connectivity index (χ2n) is 2.80. The quantitative estimate of drug-likeness (QED) is 0.692. The van der Waals surface area contributed by atoms with Crippen LogP contribution in [0.1, 0.15) is 6.92 Å². The van der Waals surface area contributed by atoms with Gasteiger partial charge in [0.15, 0.2) is 0 Å². The second-order valence-corrected chi connectivity index (χ2v) is 2.80. The summed E-state index contributed by atoms with van der Waals surface area (Å²) in [6, 6.07) is 0. The van der Waals surface area contributed by atoms with E-state index >= 15 is 0 Å². The highest BCUT2D eigenvalue weighted by atomic mass is 16.6. The highest BCUT2D eigenvalue weighted by Crippen LogP contribution is 1.97. The summed E-state index contributed by atoms with van der Waals surface area (Å²) >= 11 is 0. The van der Waals surface area contributed by atoms with Crippen molar-refractivity contribution in [3.8, 4) is 0 Å². The molecule has 6 heteroatoms. The summed E-state index contributed by atoms with van der Waals surface area (Å²) in [7, 11) is 2.96. The van der Waals surface area contributed by atoms with Crippen LogP contribution in [0.3, 0.4) is 0 Å². The van der Waals surface area contributed by atoms with E-state index < -0.39 is 12.2 Å². The van der Waals surface area contributed by atoms with Crippen molar-refractivity contribution in [2.24, 2.45) is 5.92 Å². The van der Waals surface area contributed by atoms with Gasteiger partial charge in [-0.15, -0.1) is 0 Å². The minimum absolute atomic E-state index is 0.0235. The van der Waals surface area contributed by atoms with Crippen LogP contribution in [0.4, 0.5) is 9.59 Å². The summed E-state index contributed by atoms with van der Waals surface area (Å²) in [6.45, 7) is 2.25. The van der Waals surface area contributed by atoms with Gasteiger partial charge in [0.2, 0.25) is 0 Å². The van der Waals surface area contributed by atoms with Crippen molar-refractivity contribution in [3.05, 3.63) is 0 Å². The molecule has 0 aromatic carbocycles. The van der Waals surface area contributed by atoms with Crippen molar-refractivity contribution < 1.29 is 19.1 Å². The van der Waals surface area contributed by atoms with Gasteiger partial charge in [-0.25, -0.2) is 9.59 Å². The standard InChI is InChI=1S/C8H16N2O4/c1-6(4-13-7(11)9-2)5-14-8(12)10-3/h6H,4-5H2,1-3H3,(H,9,11)(H,10,12). The van der Waals surface area contributed by atoms with Crippen LogP contribution in [0.25, 0.3) is 0 Å². The zero-order chi connectivity index (χ0) is 11.0. The first kappa shape index (κ1) is 12.5. The molecule has 0 unspecified atom stereocenters. The van der Waals surface area contributed by atoms with Crippen LogP contribution < -0.4 is 10.6 Å². The third-order valence-electron chi connectivity index (χ3n) is 1.41. The number of hydrogen-bond donors (Lipinski definition) is 2. The first-order chi connectivity index (χ1) is 6.60. The molecule has 0 fully saturated rings. The molecule has 0 rings (SSSR count). The summed E-state index contributed by atoms with van der Waals surface area (Å²) in [5, 5.41) is 4.63. The van der Waals surface area contributed by atoms with Crippen LogP contribution in [0.2, 0.25) is 0 Å². The Kier molecular flexibility index (Phi) is 6.26. The predicted molar refractivity (Wildman–Crippen MR) is 50.0 cm³/mol. The molecule has 0 spiro atoms. The minimum atomic E-state index is -0.489. The van der Waals surface area contributed by atoms with E-state index in [1.165, 1.54) is 14.1 Å². The van der Waals surface area contributed by atoms with Crippen LogP contribution in [0, 0.1) is 5.92 Å². The molecule has 2 N–H and O–H groups in total. The zero-order valence-corrected chi connectivity index (χ0v) is 8.62. The Bertz CT molecular complexity index is 176. The number of alkyl carbamates (subject to hydrolysis) is 2. The molecule has 0 aliphatic heterocycles. The van der Waals surface area contributed by atoms with E-state index in [-0.39, 0.29) is 19.1 Å². The summed E-state index contributed by atoms with van der Waals surface area (Å²) in [6.07, 6.45) is -0.978. The summed E-state index contributed by atoms with van der Waals surface area (Å²) in [5.41, 5.74) is 0. The molecular weight excluding hydrogens is 188 g/mol. The van der Waals surface area contributed by atoms with Gasteiger partial charge in [-0.3, -0.25) is 0 Å². The third kappa shape index (κ3) is 6.10. The maximum absolute atomic E-state index is 10.7. The van der Waals surface area contributed by atoms with Gasteiger partial charge < -0.3 is 20.1 Å². The van der Waals surface area contributed by atoms with E-state index in [9.17, 15) is 9.59 Å². The normalized spacial score (nSPS) is 9.43. The van der Waals surface area contributed by atoms with Gasteiger partial charge in [0.05, 0.1) is 13.2 Å². The lowest BCUT2D eigenvalue weighted by atomic mass is 10.2. The largest absolute Gasteiger partial charge is 0.449 e. The average molecular weight is 204 g/mol. The fourth-order valence-corrected chi connectivity index (χ4v) is 0.628. The van der Waals surface area contributed by atoms with Crippen LogP contribution in [-0.4, -0.2) is 39.5 Å². The number of rotatable bonds is 4. The minimum Gasteiger partial charge on any atom is -0.449 e. The Morgan fingerprint density at radius 3 is 1.71 bits per heavy atom. The lowest BCUT2D eigenvalue weighted by molar-refractivity contribution is 0.0931. The van der Waals surface area contributed by atoms with E-state index in [1.54, 1.807) is 0 Å². The predicted octanol–water partition coefficient (Wildman–Crippen LogP) is 0.335. The molecule has 0 heterocycles. The van der Waals surface area contributed by atoms with Crippen molar-refractivity contribution in [2.45, 2.75) is 6.92 Å². The van der Waals surface area contributed by atoms with E-state index in [0.717, 1.165) is 0 Å². The van der Waals surface area contributed by atoms with Crippen molar-refractivity contribution in [2.75, 3.05) is 27.3 Å². The number of carbonyl (C=O) groups is 2. The lowest BCUT2D eigenvalue weighted by Crippen LogP contribution is -2.26. The monoisotopic (exact) mass is 204 g/mol. The molecule has 0 aromatic rings. The third-order valence-corrected chi connectivity index (χ3v) is 1.41. The smallest absolute Gasteiger partial charge is 0.406 e. The molecular formula is C8H16N2O4. The average Bonchev–Trinajstić information content (AvgIpc) is 2.22. The number of nitrogens with one attached hydrogen (secondary N) is 2. The van der Waals surface area contributed by atoms with Gasteiger partial charge in [0.1, 0.15) is 0 Å². The topological polar surface area (TPSA) is 76.7 Å². The summed E-state index contributed by atoms with van der Waals surface area (Å²) in [5.74, 6) is -0.0235. The molecule has 0 aliphatic carbocycles. The number of carbonyl (C=O) groups excluding carboxylic acids is 2. The van der Waals surface area contributed by atoms with Crippen LogP contribution in [0.15, 0.2) is 0 Å². The second kappa shape index (κ2) is 6.99. The van der Waals surface area contributed by atoms with Crippen LogP contribution in [-0.2, 0) is 9.47 Å². The first-order valence-electron chi connectivity index (χ1n) is 4.29. The molecule has 0 aromatic heterocycles. The van der Waals surface area contributed by atoms with Crippen LogP contribution in [0.5, 0.6) is 0 Å². The molecule has 2 amide bonds. The molecule has 0 bridgehead atoms.